The predicted octanol–water partition coefficient (Wildman–Crippen LogP) is 5.30. The van der Waals surface area contributed by atoms with E-state index in [9.17, 15) is 14.9 Å². The number of methoxy groups -OCH3 is 2. The maximum Gasteiger partial charge on any atom is 0.286 e. The van der Waals surface area contributed by atoms with Crippen molar-refractivity contribution in [2.75, 3.05) is 32.8 Å². The van der Waals surface area contributed by atoms with Gasteiger partial charge in [0.25, 0.3) is 11.6 Å². The number of hydrogen-bond donors (Lipinski definition) is 1. The fraction of sp³-hybridized carbons (Fsp3) is 0.174. The van der Waals surface area contributed by atoms with Gasteiger partial charge in [0.05, 0.1) is 36.1 Å². The van der Waals surface area contributed by atoms with Crippen molar-refractivity contribution in [2.45, 2.75) is 0 Å². The summed E-state index contributed by atoms with van der Waals surface area (Å²) in [5.41, 5.74) is 1.16. The van der Waals surface area contributed by atoms with Gasteiger partial charge in [-0.3, -0.25) is 14.9 Å². The molecular weight excluding hydrogens is 428 g/mol. The zero-order chi connectivity index (χ0) is 23.6. The van der Waals surface area contributed by atoms with Crippen LogP contribution in [0.5, 0.6) is 11.5 Å². The molecule has 170 valence electrons. The van der Waals surface area contributed by atoms with E-state index in [-0.39, 0.29) is 23.7 Å². The van der Waals surface area contributed by atoms with Crippen LogP contribution in [-0.4, -0.2) is 38.3 Å². The minimum absolute atomic E-state index is 0.144. The van der Waals surface area contributed by atoms with Gasteiger partial charge in [0.1, 0.15) is 12.2 Å². The quantitative estimate of drug-likeness (QED) is 0.193. The Bertz CT molecular complexity index is 1130. The fourth-order valence-electron chi connectivity index (χ4n) is 2.81. The number of rotatable bonds is 10. The predicted molar refractivity (Wildman–Crippen MR) is 122 cm³/mol. The molecule has 3 aromatic carbocycles. The summed E-state index contributed by atoms with van der Waals surface area (Å²) in [4.78, 5) is 23.7. The Kier molecular flexibility index (Phi) is 8.03. The summed E-state index contributed by atoms with van der Waals surface area (Å²) in [6, 6.07) is 18.3. The average Bonchev–Trinajstić information content (AvgIpc) is 2.84. The molecule has 0 fully saturated rings. The van der Waals surface area contributed by atoms with E-state index in [4.69, 9.17) is 14.2 Å². The third-order valence-corrected chi connectivity index (χ3v) is 4.43. The second-order valence-electron chi connectivity index (χ2n) is 6.66. The average molecular weight is 450 g/mol. The third kappa shape index (κ3) is 6.34. The summed E-state index contributed by atoms with van der Waals surface area (Å²) in [6.07, 6.45) is 0. The van der Waals surface area contributed by atoms with Crippen molar-refractivity contribution in [2.24, 2.45) is 10.2 Å². The van der Waals surface area contributed by atoms with Gasteiger partial charge >= 0.3 is 0 Å². The smallest absolute Gasteiger partial charge is 0.286 e. The number of ether oxygens (including phenoxy) is 3. The Morgan fingerprint density at radius 3 is 2.21 bits per heavy atom. The van der Waals surface area contributed by atoms with Crippen LogP contribution in [-0.2, 0) is 4.74 Å². The van der Waals surface area contributed by atoms with Crippen molar-refractivity contribution in [3.63, 3.8) is 0 Å². The number of nitrogens with zero attached hydrogens (tertiary/aromatic N) is 3. The van der Waals surface area contributed by atoms with E-state index in [2.05, 4.69) is 15.5 Å². The Morgan fingerprint density at radius 2 is 1.61 bits per heavy atom. The molecule has 0 bridgehead atoms. The first-order chi connectivity index (χ1) is 16.0. The van der Waals surface area contributed by atoms with E-state index in [0.29, 0.717) is 23.7 Å². The topological polar surface area (TPSA) is 125 Å². The van der Waals surface area contributed by atoms with Crippen LogP contribution in [0.4, 0.5) is 22.7 Å². The maximum absolute atomic E-state index is 12.8. The molecule has 0 radical (unpaired) electrons. The van der Waals surface area contributed by atoms with Gasteiger partial charge in [0.2, 0.25) is 0 Å². The molecule has 1 amide bonds. The standard InChI is InChI=1S/C23H22N4O6/c1-31-12-13-33-22-15-20(27(29)30)19(14-21(22)32-2)23(28)24-16-8-10-18(11-9-16)26-25-17-6-4-3-5-7-17/h3-11,14-15H,12-13H2,1-2H3,(H,24,28). The summed E-state index contributed by atoms with van der Waals surface area (Å²) in [5.74, 6) is -0.327. The molecule has 3 rings (SSSR count). The molecule has 10 nitrogen and oxygen atoms in total. The monoisotopic (exact) mass is 450 g/mol. The van der Waals surface area contributed by atoms with E-state index in [1.54, 1.807) is 24.3 Å². The summed E-state index contributed by atoms with van der Waals surface area (Å²) in [7, 11) is 2.89. The highest BCUT2D eigenvalue weighted by atomic mass is 16.6. The van der Waals surface area contributed by atoms with Gasteiger partial charge in [0.15, 0.2) is 11.5 Å². The lowest BCUT2D eigenvalue weighted by Gasteiger charge is -2.13. The molecule has 0 aliphatic rings. The number of carbonyl (C=O) groups is 1. The molecule has 0 spiro atoms. The van der Waals surface area contributed by atoms with Crippen molar-refractivity contribution in [1.29, 1.82) is 0 Å². The lowest BCUT2D eigenvalue weighted by Crippen LogP contribution is -2.15. The summed E-state index contributed by atoms with van der Waals surface area (Å²) >= 11 is 0. The normalized spacial score (nSPS) is 10.7. The van der Waals surface area contributed by atoms with Gasteiger partial charge in [0, 0.05) is 18.9 Å². The van der Waals surface area contributed by atoms with Gasteiger partial charge in [-0.25, -0.2) is 0 Å². The minimum Gasteiger partial charge on any atom is -0.493 e. The molecule has 3 aromatic rings. The van der Waals surface area contributed by atoms with Gasteiger partial charge in [-0.05, 0) is 36.4 Å². The number of nitro groups is 1. The molecule has 0 unspecified atom stereocenters. The van der Waals surface area contributed by atoms with Crippen LogP contribution in [0.2, 0.25) is 0 Å². The number of anilines is 1. The van der Waals surface area contributed by atoms with E-state index < -0.39 is 16.5 Å². The summed E-state index contributed by atoms with van der Waals surface area (Å²) in [6.45, 7) is 0.462. The van der Waals surface area contributed by atoms with Crippen molar-refractivity contribution >= 4 is 28.7 Å². The van der Waals surface area contributed by atoms with Gasteiger partial charge in [-0.2, -0.15) is 10.2 Å². The third-order valence-electron chi connectivity index (χ3n) is 4.43. The summed E-state index contributed by atoms with van der Waals surface area (Å²) < 4.78 is 15.6. The highest BCUT2D eigenvalue weighted by Gasteiger charge is 2.25. The Hall–Kier alpha value is -4.31. The molecule has 0 saturated heterocycles. The van der Waals surface area contributed by atoms with Crippen LogP contribution >= 0.6 is 0 Å². The molecule has 0 heterocycles. The van der Waals surface area contributed by atoms with Gasteiger partial charge < -0.3 is 19.5 Å². The SMILES string of the molecule is COCCOc1cc([N+](=O)[O-])c(C(=O)Nc2ccc(N=Nc3ccccc3)cc2)cc1OC. The second kappa shape index (κ2) is 11.3. The molecule has 1 N–H and O–H groups in total. The number of nitro benzene ring substituents is 1. The van der Waals surface area contributed by atoms with E-state index in [1.807, 2.05) is 30.3 Å². The zero-order valence-electron chi connectivity index (χ0n) is 18.1. The van der Waals surface area contributed by atoms with Gasteiger partial charge in [-0.1, -0.05) is 18.2 Å². The number of hydrogen-bond acceptors (Lipinski definition) is 8. The largest absolute Gasteiger partial charge is 0.493 e. The number of benzene rings is 3. The van der Waals surface area contributed by atoms with Crippen LogP contribution < -0.4 is 14.8 Å². The Balaban J connectivity index is 1.77. The molecule has 10 heteroatoms. The van der Waals surface area contributed by atoms with Crippen LogP contribution in [0, 0.1) is 10.1 Å². The first-order valence-corrected chi connectivity index (χ1v) is 9.88. The van der Waals surface area contributed by atoms with Crippen molar-refractivity contribution < 1.29 is 23.9 Å². The maximum atomic E-state index is 12.8. The number of nitrogens with one attached hydrogen (secondary N) is 1. The minimum atomic E-state index is -0.665. The second-order valence-corrected chi connectivity index (χ2v) is 6.66. The first-order valence-electron chi connectivity index (χ1n) is 9.88. The lowest BCUT2D eigenvalue weighted by atomic mass is 10.1. The Morgan fingerprint density at radius 1 is 0.939 bits per heavy atom. The Labute approximate surface area is 190 Å². The number of carbonyl (C=O) groups excluding carboxylic acids is 1. The number of amides is 1. The molecule has 0 aromatic heterocycles. The first kappa shape index (κ1) is 23.4. The fourth-order valence-corrected chi connectivity index (χ4v) is 2.81. The van der Waals surface area contributed by atoms with Crippen molar-refractivity contribution in [3.05, 3.63) is 82.4 Å². The van der Waals surface area contributed by atoms with Crippen LogP contribution in [0.1, 0.15) is 10.4 Å². The van der Waals surface area contributed by atoms with E-state index in [0.717, 1.165) is 6.07 Å². The number of azo groups is 1. The highest BCUT2D eigenvalue weighted by molar-refractivity contribution is 6.07. The molecular formula is C23H22N4O6. The van der Waals surface area contributed by atoms with E-state index >= 15 is 0 Å². The zero-order valence-corrected chi connectivity index (χ0v) is 18.1. The molecule has 0 aliphatic carbocycles. The highest BCUT2D eigenvalue weighted by Crippen LogP contribution is 2.35. The lowest BCUT2D eigenvalue weighted by molar-refractivity contribution is -0.385. The van der Waals surface area contributed by atoms with Gasteiger partial charge in [-0.15, -0.1) is 0 Å². The summed E-state index contributed by atoms with van der Waals surface area (Å²) in [5, 5.41) is 22.5. The van der Waals surface area contributed by atoms with Crippen LogP contribution in [0.3, 0.4) is 0 Å². The molecule has 0 aliphatic heterocycles. The van der Waals surface area contributed by atoms with Crippen LogP contribution in [0.15, 0.2) is 77.0 Å². The van der Waals surface area contributed by atoms with Crippen molar-refractivity contribution in [3.8, 4) is 11.5 Å². The van der Waals surface area contributed by atoms with E-state index in [1.165, 1.54) is 20.3 Å². The van der Waals surface area contributed by atoms with Crippen LogP contribution in [0.25, 0.3) is 0 Å². The molecule has 0 atom stereocenters. The molecule has 33 heavy (non-hydrogen) atoms. The molecule has 0 saturated carbocycles. The van der Waals surface area contributed by atoms with Crippen molar-refractivity contribution in [1.82, 2.24) is 0 Å².